The van der Waals surface area contributed by atoms with Gasteiger partial charge in [-0.1, -0.05) is 12.1 Å². The Morgan fingerprint density at radius 3 is 2.52 bits per heavy atom. The van der Waals surface area contributed by atoms with Crippen LogP contribution < -0.4 is 14.8 Å². The maximum atomic E-state index is 11.6. The van der Waals surface area contributed by atoms with Gasteiger partial charge in [-0.05, 0) is 35.5 Å². The molecule has 10 nitrogen and oxygen atoms in total. The number of hydrogen-bond acceptors (Lipinski definition) is 8. The molecule has 3 heterocycles. The molecule has 2 fully saturated rings. The van der Waals surface area contributed by atoms with Crippen molar-refractivity contribution in [3.05, 3.63) is 47.1 Å². The fourth-order valence-electron chi connectivity index (χ4n) is 3.10. The van der Waals surface area contributed by atoms with Gasteiger partial charge in [0, 0.05) is 25.9 Å². The number of piperidine rings is 1. The molecule has 0 unspecified atom stereocenters. The second-order valence-corrected chi connectivity index (χ2v) is 7.82. The fourth-order valence-corrected chi connectivity index (χ4v) is 3.79. The summed E-state index contributed by atoms with van der Waals surface area (Å²) in [6.07, 6.45) is 3.10. The predicted molar refractivity (Wildman–Crippen MR) is 111 cm³/mol. The number of nitrogens with one attached hydrogen (secondary N) is 1. The molecule has 0 spiro atoms. The van der Waals surface area contributed by atoms with Crippen LogP contribution in [0.1, 0.15) is 18.4 Å². The Balaban J connectivity index is 1.36. The van der Waals surface area contributed by atoms with E-state index < -0.39 is 12.0 Å². The van der Waals surface area contributed by atoms with Gasteiger partial charge in [-0.25, -0.2) is 14.8 Å². The number of rotatable bonds is 5. The zero-order valence-electron chi connectivity index (χ0n) is 16.2. The number of likely N-dealkylation sites (tertiary alicyclic amines) is 1. The van der Waals surface area contributed by atoms with Gasteiger partial charge in [0.25, 0.3) is 11.1 Å². The number of aromatic nitrogens is 2. The second-order valence-electron chi connectivity index (χ2n) is 6.80. The van der Waals surface area contributed by atoms with Gasteiger partial charge in [0.2, 0.25) is 11.8 Å². The third-order valence-corrected chi connectivity index (χ3v) is 5.47. The minimum Gasteiger partial charge on any atom is -0.474 e. The first kappa shape index (κ1) is 20.7. The number of nitrogens with zero attached hydrogens (tertiary/aromatic N) is 3. The topological polar surface area (TPSA) is 131 Å². The van der Waals surface area contributed by atoms with E-state index in [1.807, 2.05) is 0 Å². The first-order chi connectivity index (χ1) is 15.0. The SMILES string of the molecule is O=C1NC(=O)/C(=C\c2ccc(Oc3cc(OC4CCN(C(=O)O)CC4)ncn3)cc2)S1. The maximum Gasteiger partial charge on any atom is 0.407 e. The van der Waals surface area contributed by atoms with Gasteiger partial charge in [0.15, 0.2) is 0 Å². The third-order valence-electron chi connectivity index (χ3n) is 4.66. The molecular formula is C20H18N4O6S. The number of benzene rings is 1. The van der Waals surface area contributed by atoms with Crippen LogP contribution in [0.5, 0.6) is 17.5 Å². The van der Waals surface area contributed by atoms with E-state index in [2.05, 4.69) is 15.3 Å². The Kier molecular flexibility index (Phi) is 6.03. The van der Waals surface area contributed by atoms with Crippen molar-refractivity contribution in [2.24, 2.45) is 0 Å². The molecule has 11 heteroatoms. The standard InChI is InChI=1S/C20H18N4O6S/c25-18-15(31-19(26)23-18)9-12-1-3-13(4-2-12)29-16-10-17(22-11-21-16)30-14-5-7-24(8-6-14)20(27)28/h1-4,9-11,14H,5-8H2,(H,27,28)(H,23,25,26)/b15-9+. The van der Waals surface area contributed by atoms with E-state index in [1.54, 1.807) is 36.4 Å². The zero-order valence-corrected chi connectivity index (χ0v) is 17.0. The van der Waals surface area contributed by atoms with Crippen LogP contribution in [0.4, 0.5) is 9.59 Å². The third kappa shape index (κ3) is 5.31. The van der Waals surface area contributed by atoms with Gasteiger partial charge in [-0.3, -0.25) is 14.9 Å². The average molecular weight is 442 g/mol. The summed E-state index contributed by atoms with van der Waals surface area (Å²) >= 11 is 0.860. The number of thioether (sulfide) groups is 1. The van der Waals surface area contributed by atoms with Gasteiger partial charge >= 0.3 is 6.09 Å². The van der Waals surface area contributed by atoms with Gasteiger partial charge in [0.05, 0.1) is 11.0 Å². The van der Waals surface area contributed by atoms with Crippen LogP contribution in [-0.2, 0) is 4.79 Å². The second kappa shape index (κ2) is 9.04. The van der Waals surface area contributed by atoms with Gasteiger partial charge in [0.1, 0.15) is 18.2 Å². The molecule has 2 saturated heterocycles. The zero-order chi connectivity index (χ0) is 21.8. The highest BCUT2D eigenvalue weighted by Gasteiger charge is 2.25. The van der Waals surface area contributed by atoms with Crippen LogP contribution in [-0.4, -0.2) is 56.4 Å². The highest BCUT2D eigenvalue weighted by atomic mass is 32.2. The fraction of sp³-hybridized carbons (Fsp3) is 0.250. The van der Waals surface area contributed by atoms with Crippen LogP contribution in [0, 0.1) is 0 Å². The van der Waals surface area contributed by atoms with Crippen molar-refractivity contribution in [1.82, 2.24) is 20.2 Å². The molecule has 4 rings (SSSR count). The monoisotopic (exact) mass is 442 g/mol. The Bertz CT molecular complexity index is 1030. The lowest BCUT2D eigenvalue weighted by molar-refractivity contribution is -0.115. The Morgan fingerprint density at radius 2 is 1.87 bits per heavy atom. The van der Waals surface area contributed by atoms with Crippen LogP contribution in [0.2, 0.25) is 0 Å². The van der Waals surface area contributed by atoms with E-state index in [4.69, 9.17) is 14.6 Å². The van der Waals surface area contributed by atoms with E-state index in [9.17, 15) is 14.4 Å². The van der Waals surface area contributed by atoms with Crippen LogP contribution in [0.25, 0.3) is 6.08 Å². The molecular weight excluding hydrogens is 424 g/mol. The van der Waals surface area contributed by atoms with Crippen molar-refractivity contribution in [3.63, 3.8) is 0 Å². The number of carboxylic acid groups (broad SMARTS) is 1. The summed E-state index contributed by atoms with van der Waals surface area (Å²) in [5.74, 6) is 0.781. The first-order valence-corrected chi connectivity index (χ1v) is 10.3. The van der Waals surface area contributed by atoms with E-state index in [0.29, 0.717) is 48.3 Å². The molecule has 0 aliphatic carbocycles. The molecule has 1 aromatic heterocycles. The van der Waals surface area contributed by atoms with E-state index in [1.165, 1.54) is 11.2 Å². The molecule has 160 valence electrons. The molecule has 2 aromatic rings. The highest BCUT2D eigenvalue weighted by molar-refractivity contribution is 8.18. The predicted octanol–water partition coefficient (Wildman–Crippen LogP) is 3.11. The van der Waals surface area contributed by atoms with Crippen molar-refractivity contribution < 1.29 is 29.0 Å². The Morgan fingerprint density at radius 1 is 1.16 bits per heavy atom. The van der Waals surface area contributed by atoms with E-state index >= 15 is 0 Å². The number of imide groups is 1. The minimum atomic E-state index is -0.919. The summed E-state index contributed by atoms with van der Waals surface area (Å²) in [5, 5.41) is 10.8. The number of carbonyl (C=O) groups excluding carboxylic acids is 2. The summed E-state index contributed by atoms with van der Waals surface area (Å²) in [4.78, 5) is 43.7. The molecule has 3 amide bonds. The first-order valence-electron chi connectivity index (χ1n) is 9.45. The maximum absolute atomic E-state index is 11.6. The molecule has 2 N–H and O–H groups in total. The summed E-state index contributed by atoms with van der Waals surface area (Å²) in [7, 11) is 0. The lowest BCUT2D eigenvalue weighted by Gasteiger charge is -2.29. The molecule has 0 atom stereocenters. The van der Waals surface area contributed by atoms with Crippen molar-refractivity contribution in [2.45, 2.75) is 18.9 Å². The molecule has 0 saturated carbocycles. The van der Waals surface area contributed by atoms with E-state index in [0.717, 1.165) is 17.3 Å². The molecule has 0 bridgehead atoms. The highest BCUT2D eigenvalue weighted by Crippen LogP contribution is 2.27. The Hall–Kier alpha value is -3.60. The van der Waals surface area contributed by atoms with Crippen LogP contribution in [0.15, 0.2) is 41.6 Å². The number of hydrogen-bond donors (Lipinski definition) is 2. The summed E-state index contributed by atoms with van der Waals surface area (Å²) < 4.78 is 11.6. The smallest absolute Gasteiger partial charge is 0.407 e. The molecule has 31 heavy (non-hydrogen) atoms. The molecule has 0 radical (unpaired) electrons. The summed E-state index contributed by atoms with van der Waals surface area (Å²) in [6.45, 7) is 0.844. The lowest BCUT2D eigenvalue weighted by atomic mass is 10.1. The number of amides is 3. The van der Waals surface area contributed by atoms with Crippen LogP contribution in [0.3, 0.4) is 0 Å². The van der Waals surface area contributed by atoms with Crippen molar-refractivity contribution in [1.29, 1.82) is 0 Å². The molecule has 1 aromatic carbocycles. The van der Waals surface area contributed by atoms with Crippen molar-refractivity contribution in [3.8, 4) is 17.5 Å². The minimum absolute atomic E-state index is 0.122. The summed E-state index contributed by atoms with van der Waals surface area (Å²) in [6, 6.07) is 8.53. The number of ether oxygens (including phenoxy) is 2. The van der Waals surface area contributed by atoms with Crippen molar-refractivity contribution >= 4 is 35.1 Å². The largest absolute Gasteiger partial charge is 0.474 e. The molecule has 2 aliphatic rings. The lowest BCUT2D eigenvalue weighted by Crippen LogP contribution is -2.41. The average Bonchev–Trinajstić information content (AvgIpc) is 3.07. The quantitative estimate of drug-likeness (QED) is 0.671. The van der Waals surface area contributed by atoms with E-state index in [-0.39, 0.29) is 11.3 Å². The van der Waals surface area contributed by atoms with Crippen molar-refractivity contribution in [2.75, 3.05) is 13.1 Å². The Labute approximate surface area is 181 Å². The molecule has 2 aliphatic heterocycles. The normalized spacial score (nSPS) is 18.2. The van der Waals surface area contributed by atoms with Gasteiger partial charge in [-0.2, -0.15) is 0 Å². The van der Waals surface area contributed by atoms with Gasteiger partial charge in [-0.15, -0.1) is 0 Å². The summed E-state index contributed by atoms with van der Waals surface area (Å²) in [5.41, 5.74) is 0.749. The van der Waals surface area contributed by atoms with Gasteiger partial charge < -0.3 is 19.5 Å². The van der Waals surface area contributed by atoms with Crippen LogP contribution >= 0.6 is 11.8 Å². The number of carbonyl (C=O) groups is 3.